The van der Waals surface area contributed by atoms with Crippen molar-refractivity contribution in [3.63, 3.8) is 0 Å². The zero-order valence-electron chi connectivity index (χ0n) is 5.82. The highest BCUT2D eigenvalue weighted by Gasteiger charge is 2.56. The quantitative estimate of drug-likeness (QED) is 0.796. The summed E-state index contributed by atoms with van der Waals surface area (Å²) < 4.78 is 33.9. The molecule has 0 unspecified atom stereocenters. The van der Waals surface area contributed by atoms with Crippen molar-refractivity contribution in [2.45, 2.75) is 22.3 Å². The summed E-state index contributed by atoms with van der Waals surface area (Å²) in [7, 11) is 0. The molecule has 2 nitrogen and oxygen atoms in total. The fourth-order valence-corrected chi connectivity index (χ4v) is 0.831. The Morgan fingerprint density at radius 3 is 1.92 bits per heavy atom. The number of carboxylic acids is 1. The first-order valence-electron chi connectivity index (χ1n) is 2.73. The van der Waals surface area contributed by atoms with Gasteiger partial charge in [0.2, 0.25) is 0 Å². The van der Waals surface area contributed by atoms with Crippen LogP contribution in [-0.4, -0.2) is 26.4 Å². The van der Waals surface area contributed by atoms with Gasteiger partial charge < -0.3 is 5.11 Å². The Morgan fingerprint density at radius 1 is 1.50 bits per heavy atom. The van der Waals surface area contributed by atoms with Crippen LogP contribution in [0.15, 0.2) is 0 Å². The lowest BCUT2D eigenvalue weighted by atomic mass is 10.1. The van der Waals surface area contributed by atoms with E-state index in [0.717, 1.165) is 6.92 Å². The van der Waals surface area contributed by atoms with Gasteiger partial charge in [-0.25, -0.2) is 0 Å². The van der Waals surface area contributed by atoms with Crippen molar-refractivity contribution in [1.29, 1.82) is 0 Å². The van der Waals surface area contributed by atoms with E-state index in [0.29, 0.717) is 0 Å². The minimum absolute atomic E-state index is 0.751. The molecular formula is C5H5Br2F3O2. The summed E-state index contributed by atoms with van der Waals surface area (Å²) in [5.41, 5.74) is 0. The van der Waals surface area contributed by atoms with Crippen molar-refractivity contribution in [2.75, 3.05) is 0 Å². The van der Waals surface area contributed by atoms with Crippen molar-refractivity contribution >= 4 is 37.8 Å². The van der Waals surface area contributed by atoms with Gasteiger partial charge in [-0.15, -0.1) is 0 Å². The third-order valence-corrected chi connectivity index (χ3v) is 4.08. The van der Waals surface area contributed by atoms with Gasteiger partial charge in [0, 0.05) is 0 Å². The van der Waals surface area contributed by atoms with E-state index in [1.165, 1.54) is 0 Å². The molecular weight excluding hydrogens is 309 g/mol. The lowest BCUT2D eigenvalue weighted by molar-refractivity contribution is -0.163. The summed E-state index contributed by atoms with van der Waals surface area (Å²) >= 11 is 4.75. The van der Waals surface area contributed by atoms with Gasteiger partial charge in [-0.1, -0.05) is 31.9 Å². The maximum atomic E-state index is 12.1. The summed E-state index contributed by atoms with van der Waals surface area (Å²) in [6.07, 6.45) is -4.61. The molecule has 0 fully saturated rings. The summed E-state index contributed by atoms with van der Waals surface area (Å²) in [6, 6.07) is 0. The monoisotopic (exact) mass is 312 g/mol. The Labute approximate surface area is 83.4 Å². The van der Waals surface area contributed by atoms with Crippen molar-refractivity contribution in [2.24, 2.45) is 0 Å². The lowest BCUT2D eigenvalue weighted by Crippen LogP contribution is -2.47. The molecule has 0 spiro atoms. The lowest BCUT2D eigenvalue weighted by Gasteiger charge is -2.27. The first-order chi connectivity index (χ1) is 5.10. The number of halogens is 5. The van der Waals surface area contributed by atoms with Crippen LogP contribution in [0.5, 0.6) is 0 Å². The van der Waals surface area contributed by atoms with Gasteiger partial charge in [0.25, 0.3) is 0 Å². The van der Waals surface area contributed by atoms with Crippen LogP contribution in [0.1, 0.15) is 6.92 Å². The number of aliphatic carboxylic acids is 1. The molecule has 0 aliphatic carbocycles. The summed E-state index contributed by atoms with van der Waals surface area (Å²) in [5, 5.41) is 8.30. The fraction of sp³-hybridized carbons (Fsp3) is 0.800. The second-order valence-corrected chi connectivity index (χ2v) is 4.84. The minimum Gasteiger partial charge on any atom is -0.480 e. The van der Waals surface area contributed by atoms with Crippen LogP contribution in [0, 0.1) is 0 Å². The Balaban J connectivity index is 4.73. The second-order valence-electron chi connectivity index (χ2n) is 2.27. The Hall–Kier alpha value is 0.220. The van der Waals surface area contributed by atoms with Crippen LogP contribution < -0.4 is 0 Å². The molecule has 0 saturated carbocycles. The molecule has 7 heteroatoms. The highest BCUT2D eigenvalue weighted by atomic mass is 79.9. The van der Waals surface area contributed by atoms with E-state index >= 15 is 0 Å². The van der Waals surface area contributed by atoms with Gasteiger partial charge in [-0.3, -0.25) is 4.79 Å². The Morgan fingerprint density at radius 2 is 1.83 bits per heavy atom. The molecule has 0 aliphatic heterocycles. The summed E-state index contributed by atoms with van der Waals surface area (Å²) in [5.74, 6) is -1.56. The molecule has 2 atom stereocenters. The predicted molar refractivity (Wildman–Crippen MR) is 43.7 cm³/mol. The molecule has 12 heavy (non-hydrogen) atoms. The minimum atomic E-state index is -4.61. The predicted octanol–water partition coefficient (Wildman–Crippen LogP) is 2.55. The molecule has 0 rings (SSSR count). The van der Waals surface area contributed by atoms with Crippen molar-refractivity contribution in [3.8, 4) is 0 Å². The van der Waals surface area contributed by atoms with Gasteiger partial charge in [0.1, 0.15) is 9.15 Å². The second kappa shape index (κ2) is 3.53. The third-order valence-electron chi connectivity index (χ3n) is 1.25. The normalized spacial score (nSPS) is 19.8. The molecule has 0 aromatic heterocycles. The average molecular weight is 314 g/mol. The summed E-state index contributed by atoms with van der Waals surface area (Å²) in [4.78, 5) is 8.51. The van der Waals surface area contributed by atoms with Gasteiger partial charge in [-0.05, 0) is 6.92 Å². The highest BCUT2D eigenvalue weighted by molar-refractivity contribution is 9.12. The van der Waals surface area contributed by atoms with Gasteiger partial charge in [-0.2, -0.15) is 13.2 Å². The molecule has 1 N–H and O–H groups in total. The molecule has 0 amide bonds. The van der Waals surface area contributed by atoms with Crippen LogP contribution in [0.2, 0.25) is 0 Å². The standard InChI is InChI=1S/C5H5Br2F3O2/c1-4(7,5(8,9)10)2(6)3(11)12/h2H,1H3,(H,11,12)/t2-,4-/m1/s1. The Kier molecular flexibility index (Phi) is 3.59. The summed E-state index contributed by atoms with van der Waals surface area (Å²) in [6.45, 7) is 0.751. The van der Waals surface area contributed by atoms with E-state index in [-0.39, 0.29) is 0 Å². The topological polar surface area (TPSA) is 37.3 Å². The number of hydrogen-bond donors (Lipinski definition) is 1. The molecule has 0 saturated heterocycles. The molecule has 72 valence electrons. The zero-order chi connectivity index (χ0) is 10.2. The average Bonchev–Trinajstić information content (AvgIpc) is 1.83. The van der Waals surface area contributed by atoms with E-state index in [1.54, 1.807) is 0 Å². The third kappa shape index (κ3) is 2.35. The smallest absolute Gasteiger partial charge is 0.405 e. The van der Waals surface area contributed by atoms with E-state index in [9.17, 15) is 18.0 Å². The maximum Gasteiger partial charge on any atom is 0.405 e. The molecule has 0 aromatic rings. The first-order valence-corrected chi connectivity index (χ1v) is 4.44. The number of carboxylic acid groups (broad SMARTS) is 1. The van der Waals surface area contributed by atoms with Crippen molar-refractivity contribution < 1.29 is 23.1 Å². The van der Waals surface area contributed by atoms with E-state index in [4.69, 9.17) is 5.11 Å². The molecule has 0 heterocycles. The first kappa shape index (κ1) is 12.2. The molecule has 0 aliphatic rings. The SMILES string of the molecule is C[C@@](Br)([C@H](Br)C(=O)O)C(F)(F)F. The van der Waals surface area contributed by atoms with E-state index < -0.39 is 21.3 Å². The van der Waals surface area contributed by atoms with E-state index in [1.807, 2.05) is 0 Å². The highest BCUT2D eigenvalue weighted by Crippen LogP contribution is 2.42. The number of carbonyl (C=O) groups is 1. The van der Waals surface area contributed by atoms with Crippen molar-refractivity contribution in [3.05, 3.63) is 0 Å². The zero-order valence-corrected chi connectivity index (χ0v) is 8.99. The van der Waals surface area contributed by atoms with Crippen molar-refractivity contribution in [1.82, 2.24) is 0 Å². The molecule has 0 radical (unpaired) electrons. The van der Waals surface area contributed by atoms with Crippen LogP contribution >= 0.6 is 31.9 Å². The fourth-order valence-electron chi connectivity index (χ4n) is 0.376. The number of alkyl halides is 5. The van der Waals surface area contributed by atoms with Crippen LogP contribution in [0.25, 0.3) is 0 Å². The molecule has 0 bridgehead atoms. The number of rotatable bonds is 2. The van der Waals surface area contributed by atoms with Crippen LogP contribution in [0.4, 0.5) is 13.2 Å². The Bertz CT molecular complexity index is 190. The number of hydrogen-bond acceptors (Lipinski definition) is 1. The van der Waals surface area contributed by atoms with Crippen LogP contribution in [0.3, 0.4) is 0 Å². The van der Waals surface area contributed by atoms with Gasteiger partial charge >= 0.3 is 12.1 Å². The van der Waals surface area contributed by atoms with Crippen LogP contribution in [-0.2, 0) is 4.79 Å². The van der Waals surface area contributed by atoms with Gasteiger partial charge in [0.05, 0.1) is 0 Å². The van der Waals surface area contributed by atoms with Gasteiger partial charge in [0.15, 0.2) is 0 Å². The van der Waals surface area contributed by atoms with E-state index in [2.05, 4.69) is 31.9 Å². The largest absolute Gasteiger partial charge is 0.480 e. The molecule has 0 aromatic carbocycles. The maximum absolute atomic E-state index is 12.1.